The maximum atomic E-state index is 13.1. The highest BCUT2D eigenvalue weighted by molar-refractivity contribution is 6.40. The number of halogens is 1. The molecule has 2 atom stereocenters. The number of nitrogens with two attached hydrogens (primary N) is 2. The topological polar surface area (TPSA) is 131 Å². The Morgan fingerprint density at radius 3 is 2.37 bits per heavy atom. The number of para-hydroxylation sites is 1. The third kappa shape index (κ3) is 4.99. The lowest BCUT2D eigenvalue weighted by Gasteiger charge is -2.20. The van der Waals surface area contributed by atoms with Crippen LogP contribution in [0.3, 0.4) is 0 Å². The Hall–Kier alpha value is -3.75. The molecule has 2 aromatic carbocycles. The van der Waals surface area contributed by atoms with E-state index in [-0.39, 0.29) is 30.9 Å². The van der Waals surface area contributed by atoms with Crippen LogP contribution < -0.4 is 21.8 Å². The first kappa shape index (κ1) is 21.0. The molecule has 0 bridgehead atoms. The van der Waals surface area contributed by atoms with Crippen molar-refractivity contribution in [1.29, 1.82) is 0 Å². The van der Waals surface area contributed by atoms with Gasteiger partial charge in [0, 0.05) is 13.0 Å². The molecule has 0 aliphatic carbocycles. The van der Waals surface area contributed by atoms with Gasteiger partial charge in [-0.25, -0.2) is 4.39 Å². The highest BCUT2D eigenvalue weighted by atomic mass is 19.1. The van der Waals surface area contributed by atoms with Crippen LogP contribution in [0.25, 0.3) is 0 Å². The van der Waals surface area contributed by atoms with Crippen LogP contribution in [-0.4, -0.2) is 36.0 Å². The zero-order valence-electron chi connectivity index (χ0n) is 16.1. The summed E-state index contributed by atoms with van der Waals surface area (Å²) >= 11 is 0. The largest absolute Gasteiger partial charge is 0.369 e. The fourth-order valence-corrected chi connectivity index (χ4v) is 3.18. The van der Waals surface area contributed by atoms with Gasteiger partial charge >= 0.3 is 0 Å². The van der Waals surface area contributed by atoms with E-state index in [1.807, 2.05) is 6.07 Å². The average molecular weight is 411 g/mol. The van der Waals surface area contributed by atoms with Gasteiger partial charge < -0.3 is 16.8 Å². The Morgan fingerprint density at radius 1 is 1.10 bits per heavy atom. The Bertz CT molecular complexity index is 962. The van der Waals surface area contributed by atoms with Crippen molar-refractivity contribution in [2.45, 2.75) is 18.9 Å². The zero-order chi connectivity index (χ0) is 21.7. The number of anilines is 1. The van der Waals surface area contributed by atoms with Gasteiger partial charge in [0.15, 0.2) is 0 Å². The Morgan fingerprint density at radius 2 is 1.77 bits per heavy atom. The van der Waals surface area contributed by atoms with Crippen molar-refractivity contribution in [1.82, 2.24) is 5.32 Å². The molecule has 0 aromatic heterocycles. The van der Waals surface area contributed by atoms with Gasteiger partial charge in [0.1, 0.15) is 17.6 Å². The quantitative estimate of drug-likeness (QED) is 0.590. The predicted octanol–water partition coefficient (Wildman–Crippen LogP) is 0.706. The van der Waals surface area contributed by atoms with Crippen molar-refractivity contribution < 1.29 is 18.8 Å². The fourth-order valence-electron chi connectivity index (χ4n) is 3.18. The van der Waals surface area contributed by atoms with Gasteiger partial charge in [-0.1, -0.05) is 30.3 Å². The Labute approximate surface area is 172 Å². The fraction of sp³-hybridized carbons (Fsp3) is 0.238. The second kappa shape index (κ2) is 9.17. The van der Waals surface area contributed by atoms with Gasteiger partial charge in [0.05, 0.1) is 11.6 Å². The Kier molecular flexibility index (Phi) is 6.41. The molecule has 3 rings (SSSR count). The van der Waals surface area contributed by atoms with Gasteiger partial charge in [-0.2, -0.15) is 5.10 Å². The van der Waals surface area contributed by atoms with Crippen molar-refractivity contribution in [3.05, 3.63) is 66.0 Å². The van der Waals surface area contributed by atoms with Gasteiger partial charge in [-0.3, -0.25) is 19.4 Å². The second-order valence-corrected chi connectivity index (χ2v) is 6.99. The number of rotatable bonds is 8. The molecule has 0 spiro atoms. The number of nitrogens with one attached hydrogen (secondary N) is 1. The van der Waals surface area contributed by atoms with Crippen LogP contribution in [-0.2, 0) is 20.8 Å². The summed E-state index contributed by atoms with van der Waals surface area (Å²) < 4.78 is 13.1. The molecule has 0 saturated heterocycles. The maximum Gasteiger partial charge on any atom is 0.267 e. The van der Waals surface area contributed by atoms with E-state index in [1.165, 1.54) is 17.1 Å². The number of primary amides is 2. The summed E-state index contributed by atoms with van der Waals surface area (Å²) in [5.41, 5.74) is 12.4. The first-order valence-corrected chi connectivity index (χ1v) is 9.38. The number of carbonyl (C=O) groups excluding carboxylic acids is 3. The van der Waals surface area contributed by atoms with Crippen molar-refractivity contribution in [2.75, 3.05) is 11.6 Å². The van der Waals surface area contributed by atoms with Crippen molar-refractivity contribution in [3.63, 3.8) is 0 Å². The molecular formula is C21H22FN5O3. The van der Waals surface area contributed by atoms with Crippen LogP contribution in [0.1, 0.15) is 12.0 Å². The molecule has 1 aliphatic heterocycles. The first-order valence-electron chi connectivity index (χ1n) is 9.38. The minimum Gasteiger partial charge on any atom is -0.369 e. The number of amides is 3. The summed E-state index contributed by atoms with van der Waals surface area (Å²) in [6.45, 7) is -0.0167. The van der Waals surface area contributed by atoms with Crippen LogP contribution in [0.2, 0.25) is 0 Å². The third-order valence-electron chi connectivity index (χ3n) is 4.83. The van der Waals surface area contributed by atoms with Crippen LogP contribution in [0.4, 0.5) is 10.1 Å². The molecular weight excluding hydrogens is 389 g/mol. The highest BCUT2D eigenvalue weighted by Crippen LogP contribution is 2.24. The number of benzene rings is 2. The molecule has 2 aromatic rings. The molecule has 3 amide bonds. The van der Waals surface area contributed by atoms with E-state index >= 15 is 0 Å². The smallest absolute Gasteiger partial charge is 0.267 e. The molecule has 30 heavy (non-hydrogen) atoms. The van der Waals surface area contributed by atoms with Crippen LogP contribution in [0.5, 0.6) is 0 Å². The molecule has 0 fully saturated rings. The predicted molar refractivity (Wildman–Crippen MR) is 110 cm³/mol. The SMILES string of the molecule is NC(=O)C(CNC(=O)C1=NN(c2ccccc2)C(C(N)=O)C1)Cc1ccc(F)cc1. The first-order chi connectivity index (χ1) is 14.3. The summed E-state index contributed by atoms with van der Waals surface area (Å²) in [5.74, 6) is -2.76. The Balaban J connectivity index is 1.67. The van der Waals surface area contributed by atoms with E-state index in [9.17, 15) is 18.8 Å². The highest BCUT2D eigenvalue weighted by Gasteiger charge is 2.35. The zero-order valence-corrected chi connectivity index (χ0v) is 16.1. The summed E-state index contributed by atoms with van der Waals surface area (Å²) in [4.78, 5) is 36.2. The molecule has 1 heterocycles. The number of hydrazone groups is 1. The monoisotopic (exact) mass is 411 g/mol. The molecule has 1 aliphatic rings. The molecule has 0 radical (unpaired) electrons. The maximum absolute atomic E-state index is 13.1. The van der Waals surface area contributed by atoms with Crippen LogP contribution in [0, 0.1) is 11.7 Å². The molecule has 0 saturated carbocycles. The number of nitrogens with zero attached hydrogens (tertiary/aromatic N) is 2. The summed E-state index contributed by atoms with van der Waals surface area (Å²) in [6, 6.07) is 13.8. The molecule has 9 heteroatoms. The lowest BCUT2D eigenvalue weighted by Crippen LogP contribution is -2.41. The summed E-state index contributed by atoms with van der Waals surface area (Å²) in [7, 11) is 0. The van der Waals surface area contributed by atoms with Crippen molar-refractivity contribution >= 4 is 29.1 Å². The molecule has 5 N–H and O–H groups in total. The van der Waals surface area contributed by atoms with Crippen LogP contribution >= 0.6 is 0 Å². The number of hydrogen-bond donors (Lipinski definition) is 3. The average Bonchev–Trinajstić information content (AvgIpc) is 3.19. The molecule has 2 unspecified atom stereocenters. The van der Waals surface area contributed by atoms with E-state index in [1.54, 1.807) is 36.4 Å². The summed E-state index contributed by atoms with van der Waals surface area (Å²) in [6.07, 6.45) is 0.303. The normalized spacial score (nSPS) is 16.6. The third-order valence-corrected chi connectivity index (χ3v) is 4.83. The second-order valence-electron chi connectivity index (χ2n) is 6.99. The van der Waals surface area contributed by atoms with Gasteiger partial charge in [0.25, 0.3) is 5.91 Å². The summed E-state index contributed by atoms with van der Waals surface area (Å²) in [5, 5.41) is 8.32. The number of carbonyl (C=O) groups is 3. The van der Waals surface area contributed by atoms with E-state index in [2.05, 4.69) is 10.4 Å². The molecule has 8 nitrogen and oxygen atoms in total. The van der Waals surface area contributed by atoms with Gasteiger partial charge in [-0.05, 0) is 36.2 Å². The lowest BCUT2D eigenvalue weighted by molar-refractivity contribution is -0.122. The number of hydrogen-bond acceptors (Lipinski definition) is 5. The lowest BCUT2D eigenvalue weighted by atomic mass is 9.98. The van der Waals surface area contributed by atoms with Crippen molar-refractivity contribution in [3.8, 4) is 0 Å². The van der Waals surface area contributed by atoms with Crippen LogP contribution in [0.15, 0.2) is 59.7 Å². The standard InChI is InChI=1S/C21H22FN5O3/c22-15-8-6-13(7-9-15)10-14(19(23)28)12-25-21(30)17-11-18(20(24)29)27(26-17)16-4-2-1-3-5-16/h1-9,14,18H,10-12H2,(H2,23,28)(H2,24,29)(H,25,30). The van der Waals surface area contributed by atoms with E-state index in [0.717, 1.165) is 5.56 Å². The van der Waals surface area contributed by atoms with E-state index in [0.29, 0.717) is 5.69 Å². The van der Waals surface area contributed by atoms with Gasteiger partial charge in [-0.15, -0.1) is 0 Å². The molecule has 156 valence electrons. The minimum atomic E-state index is -0.778. The van der Waals surface area contributed by atoms with E-state index in [4.69, 9.17) is 11.5 Å². The minimum absolute atomic E-state index is 0.0167. The van der Waals surface area contributed by atoms with E-state index < -0.39 is 29.7 Å². The van der Waals surface area contributed by atoms with Crippen molar-refractivity contribution in [2.24, 2.45) is 22.5 Å². The van der Waals surface area contributed by atoms with Gasteiger partial charge in [0.2, 0.25) is 11.8 Å².